The van der Waals surface area contributed by atoms with Gasteiger partial charge in [0.15, 0.2) is 0 Å². The number of nitrogens with zero attached hydrogens (tertiary/aromatic N) is 1. The Labute approximate surface area is 188 Å². The lowest BCUT2D eigenvalue weighted by atomic mass is 10.00. The molecular formula is C26H25N3O2S. The summed E-state index contributed by atoms with van der Waals surface area (Å²) in [6.45, 7) is 0.363. The van der Waals surface area contributed by atoms with Crippen LogP contribution in [0.15, 0.2) is 96.2 Å². The first-order valence-corrected chi connectivity index (χ1v) is 12.3. The molecule has 5 rings (SSSR count). The van der Waals surface area contributed by atoms with Crippen molar-refractivity contribution < 1.29 is 8.42 Å². The number of pyridine rings is 1. The molecule has 0 spiro atoms. The fraction of sp³-hybridized carbons (Fsp3) is 0.192. The number of hydrogen-bond acceptors (Lipinski definition) is 4. The van der Waals surface area contributed by atoms with E-state index in [1.54, 1.807) is 30.6 Å². The molecule has 0 saturated carbocycles. The Balaban J connectivity index is 1.23. The van der Waals surface area contributed by atoms with Gasteiger partial charge in [-0.3, -0.25) is 4.98 Å². The molecule has 5 nitrogen and oxygen atoms in total. The van der Waals surface area contributed by atoms with E-state index in [2.05, 4.69) is 51.4 Å². The number of rotatable bonds is 6. The normalized spacial score (nSPS) is 18.8. The van der Waals surface area contributed by atoms with Crippen LogP contribution in [0.5, 0.6) is 0 Å². The highest BCUT2D eigenvalue weighted by molar-refractivity contribution is 7.89. The average Bonchev–Trinajstić information content (AvgIpc) is 3.32. The standard InChI is InChI=1S/C26H25N3O2S/c30-32(31,26-8-4-7-22-17-27-16-15-24(22)26)28-18-23-13-14-25(29-23)21-11-9-20(10-12-21)19-5-2-1-3-6-19/h1-12,15-17,23,25,28-29H,13-14,18H2/t23-,25+/m0/s1. The zero-order chi connectivity index (χ0) is 22.0. The lowest BCUT2D eigenvalue weighted by molar-refractivity contribution is 0.529. The molecule has 32 heavy (non-hydrogen) atoms. The smallest absolute Gasteiger partial charge is 0.241 e. The fourth-order valence-corrected chi connectivity index (χ4v) is 5.71. The van der Waals surface area contributed by atoms with Gasteiger partial charge in [0.1, 0.15) is 0 Å². The van der Waals surface area contributed by atoms with E-state index in [-0.39, 0.29) is 12.1 Å². The minimum Gasteiger partial charge on any atom is -0.306 e. The van der Waals surface area contributed by atoms with Gasteiger partial charge in [0.05, 0.1) is 4.90 Å². The predicted molar refractivity (Wildman–Crippen MR) is 128 cm³/mol. The van der Waals surface area contributed by atoms with Crippen molar-refractivity contribution in [1.82, 2.24) is 15.0 Å². The molecule has 0 unspecified atom stereocenters. The monoisotopic (exact) mass is 443 g/mol. The SMILES string of the molecule is O=S(=O)(NC[C@@H]1CC[C@H](c2ccc(-c3ccccc3)cc2)N1)c1cccc2cnccc12. The number of fused-ring (bicyclic) bond motifs is 1. The van der Waals surface area contributed by atoms with Gasteiger partial charge in [-0.1, -0.05) is 66.7 Å². The van der Waals surface area contributed by atoms with Gasteiger partial charge in [0.2, 0.25) is 10.0 Å². The molecule has 2 heterocycles. The molecule has 2 N–H and O–H groups in total. The summed E-state index contributed by atoms with van der Waals surface area (Å²) in [7, 11) is -3.61. The first-order chi connectivity index (χ1) is 15.6. The fourth-order valence-electron chi connectivity index (χ4n) is 4.40. The summed E-state index contributed by atoms with van der Waals surface area (Å²) in [5.74, 6) is 0. The summed E-state index contributed by atoms with van der Waals surface area (Å²) in [4.78, 5) is 4.37. The summed E-state index contributed by atoms with van der Waals surface area (Å²) in [5.41, 5.74) is 3.63. The molecule has 0 bridgehead atoms. The second kappa shape index (κ2) is 8.82. The molecule has 0 aliphatic carbocycles. The molecule has 162 valence electrons. The van der Waals surface area contributed by atoms with Gasteiger partial charge >= 0.3 is 0 Å². The van der Waals surface area contributed by atoms with E-state index in [0.717, 1.165) is 18.2 Å². The average molecular weight is 444 g/mol. The van der Waals surface area contributed by atoms with Crippen LogP contribution in [0.2, 0.25) is 0 Å². The second-order valence-electron chi connectivity index (χ2n) is 8.19. The molecule has 1 aromatic heterocycles. The van der Waals surface area contributed by atoms with Gasteiger partial charge in [-0.25, -0.2) is 13.1 Å². The summed E-state index contributed by atoms with van der Waals surface area (Å²) in [6, 6.07) is 26.3. The van der Waals surface area contributed by atoms with E-state index in [1.807, 2.05) is 24.3 Å². The van der Waals surface area contributed by atoms with Crippen molar-refractivity contribution in [3.05, 3.63) is 96.8 Å². The van der Waals surface area contributed by atoms with E-state index in [4.69, 9.17) is 0 Å². The Hall–Kier alpha value is -3.06. The van der Waals surface area contributed by atoms with Gasteiger partial charge in [-0.2, -0.15) is 0 Å². The van der Waals surface area contributed by atoms with Crippen LogP contribution < -0.4 is 10.0 Å². The van der Waals surface area contributed by atoms with E-state index < -0.39 is 10.0 Å². The first-order valence-electron chi connectivity index (χ1n) is 10.8. The molecule has 1 saturated heterocycles. The topological polar surface area (TPSA) is 71.1 Å². The van der Waals surface area contributed by atoms with Crippen molar-refractivity contribution in [2.24, 2.45) is 0 Å². The minimum atomic E-state index is -3.61. The molecule has 1 fully saturated rings. The Morgan fingerprint density at radius 2 is 1.66 bits per heavy atom. The minimum absolute atomic E-state index is 0.0974. The molecular weight excluding hydrogens is 418 g/mol. The molecule has 1 aliphatic heterocycles. The second-order valence-corrected chi connectivity index (χ2v) is 9.92. The maximum atomic E-state index is 13.0. The zero-order valence-corrected chi connectivity index (χ0v) is 18.4. The van der Waals surface area contributed by atoms with Crippen molar-refractivity contribution >= 4 is 20.8 Å². The van der Waals surface area contributed by atoms with Crippen LogP contribution in [-0.4, -0.2) is 26.0 Å². The Morgan fingerprint density at radius 3 is 2.47 bits per heavy atom. The zero-order valence-electron chi connectivity index (χ0n) is 17.6. The van der Waals surface area contributed by atoms with Gasteiger partial charge < -0.3 is 5.32 Å². The summed E-state index contributed by atoms with van der Waals surface area (Å²) in [6.07, 6.45) is 5.21. The Kier molecular flexibility index (Phi) is 5.74. The molecule has 0 amide bonds. The maximum absolute atomic E-state index is 13.0. The number of hydrogen-bond donors (Lipinski definition) is 2. The number of benzene rings is 3. The van der Waals surface area contributed by atoms with Crippen LogP contribution in [0.4, 0.5) is 0 Å². The third-order valence-corrected chi connectivity index (χ3v) is 7.59. The van der Waals surface area contributed by atoms with Crippen LogP contribution in [-0.2, 0) is 10.0 Å². The van der Waals surface area contributed by atoms with Gasteiger partial charge in [-0.05, 0) is 41.7 Å². The molecule has 2 atom stereocenters. The van der Waals surface area contributed by atoms with Crippen molar-refractivity contribution in [3.63, 3.8) is 0 Å². The van der Waals surface area contributed by atoms with Gasteiger partial charge in [0, 0.05) is 41.8 Å². The summed E-state index contributed by atoms with van der Waals surface area (Å²) in [5, 5.41) is 5.09. The first kappa shape index (κ1) is 20.8. The molecule has 0 radical (unpaired) electrons. The van der Waals surface area contributed by atoms with Crippen molar-refractivity contribution in [1.29, 1.82) is 0 Å². The van der Waals surface area contributed by atoms with Crippen LogP contribution in [0.1, 0.15) is 24.4 Å². The van der Waals surface area contributed by atoms with Crippen molar-refractivity contribution in [2.75, 3.05) is 6.54 Å². The number of nitrogens with one attached hydrogen (secondary N) is 2. The molecule has 3 aromatic carbocycles. The highest BCUT2D eigenvalue weighted by Gasteiger charge is 2.27. The highest BCUT2D eigenvalue weighted by atomic mass is 32.2. The lowest BCUT2D eigenvalue weighted by Gasteiger charge is -2.16. The molecule has 6 heteroatoms. The molecule has 1 aliphatic rings. The highest BCUT2D eigenvalue weighted by Crippen LogP contribution is 2.29. The summed E-state index contributed by atoms with van der Waals surface area (Å²) >= 11 is 0. The van der Waals surface area contributed by atoms with E-state index in [9.17, 15) is 8.42 Å². The largest absolute Gasteiger partial charge is 0.306 e. The molecule has 4 aromatic rings. The third kappa shape index (κ3) is 4.30. The maximum Gasteiger partial charge on any atom is 0.241 e. The van der Waals surface area contributed by atoms with Gasteiger partial charge in [-0.15, -0.1) is 0 Å². The van der Waals surface area contributed by atoms with Crippen molar-refractivity contribution in [2.45, 2.75) is 29.8 Å². The Bertz CT molecular complexity index is 1320. The quantitative estimate of drug-likeness (QED) is 0.454. The van der Waals surface area contributed by atoms with Crippen LogP contribution in [0.3, 0.4) is 0 Å². The van der Waals surface area contributed by atoms with E-state index >= 15 is 0 Å². The van der Waals surface area contributed by atoms with Crippen LogP contribution >= 0.6 is 0 Å². The number of aromatic nitrogens is 1. The van der Waals surface area contributed by atoms with E-state index in [1.165, 1.54) is 16.7 Å². The number of sulfonamides is 1. The van der Waals surface area contributed by atoms with Gasteiger partial charge in [0.25, 0.3) is 0 Å². The third-order valence-electron chi connectivity index (χ3n) is 6.11. The van der Waals surface area contributed by atoms with Crippen LogP contribution in [0, 0.1) is 0 Å². The van der Waals surface area contributed by atoms with E-state index in [0.29, 0.717) is 16.8 Å². The predicted octanol–water partition coefficient (Wildman–Crippen LogP) is 4.67. The Morgan fingerprint density at radius 1 is 0.875 bits per heavy atom. The summed E-state index contributed by atoms with van der Waals surface area (Å²) < 4.78 is 28.7. The van der Waals surface area contributed by atoms with Crippen molar-refractivity contribution in [3.8, 4) is 11.1 Å². The lowest BCUT2D eigenvalue weighted by Crippen LogP contribution is -2.37. The van der Waals surface area contributed by atoms with Crippen LogP contribution in [0.25, 0.3) is 21.9 Å².